The lowest BCUT2D eigenvalue weighted by atomic mass is 10.0. The topological polar surface area (TPSA) is 36.4 Å². The number of rotatable bonds is 3. The molecule has 0 aromatic heterocycles. The minimum Gasteiger partial charge on any atom is -0.356 e. The second-order valence-corrected chi connectivity index (χ2v) is 4.56. The molecule has 3 nitrogen and oxygen atoms in total. The molecule has 0 saturated heterocycles. The molecule has 1 aromatic rings. The van der Waals surface area contributed by atoms with Gasteiger partial charge in [0.15, 0.2) is 5.96 Å². The van der Waals surface area contributed by atoms with Crippen LogP contribution in [-0.2, 0) is 6.42 Å². The second-order valence-electron chi connectivity index (χ2n) is 4.56. The highest BCUT2D eigenvalue weighted by molar-refractivity contribution is 14.0. The Labute approximate surface area is 126 Å². The molecule has 0 atom stereocenters. The number of guanidine groups is 1. The fraction of sp³-hybridized carbons (Fsp3) is 0.500. The zero-order chi connectivity index (χ0) is 12.1. The summed E-state index contributed by atoms with van der Waals surface area (Å²) < 4.78 is 0. The van der Waals surface area contributed by atoms with E-state index in [1.807, 2.05) is 0 Å². The van der Waals surface area contributed by atoms with Gasteiger partial charge in [0, 0.05) is 19.6 Å². The van der Waals surface area contributed by atoms with Gasteiger partial charge in [-0.25, -0.2) is 0 Å². The highest BCUT2D eigenvalue weighted by atomic mass is 127. The van der Waals surface area contributed by atoms with Gasteiger partial charge in [0.2, 0.25) is 0 Å². The average Bonchev–Trinajstić information content (AvgIpc) is 2.34. The van der Waals surface area contributed by atoms with Crippen molar-refractivity contribution in [2.45, 2.75) is 26.7 Å². The Kier molecular flexibility index (Phi) is 6.46. The van der Waals surface area contributed by atoms with E-state index < -0.39 is 0 Å². The van der Waals surface area contributed by atoms with Gasteiger partial charge >= 0.3 is 0 Å². The first-order valence-electron chi connectivity index (χ1n) is 6.34. The highest BCUT2D eigenvalue weighted by Crippen LogP contribution is 2.13. The fourth-order valence-corrected chi connectivity index (χ4v) is 2.20. The van der Waals surface area contributed by atoms with Gasteiger partial charge in [-0.15, -0.1) is 24.0 Å². The molecule has 0 saturated carbocycles. The summed E-state index contributed by atoms with van der Waals surface area (Å²) in [5.41, 5.74) is 4.21. The molecule has 0 aliphatic carbocycles. The molecule has 4 heteroatoms. The molecule has 1 heterocycles. The first-order valence-corrected chi connectivity index (χ1v) is 6.34. The lowest BCUT2D eigenvalue weighted by molar-refractivity contribution is 0.699. The maximum Gasteiger partial charge on any atom is 0.191 e. The summed E-state index contributed by atoms with van der Waals surface area (Å²) >= 11 is 0. The third-order valence-corrected chi connectivity index (χ3v) is 3.21. The molecule has 18 heavy (non-hydrogen) atoms. The molecule has 0 amide bonds. The number of benzene rings is 1. The Bertz CT molecular complexity index is 395. The van der Waals surface area contributed by atoms with Gasteiger partial charge in [-0.3, -0.25) is 4.99 Å². The van der Waals surface area contributed by atoms with Crippen LogP contribution in [0.1, 0.15) is 23.1 Å². The Morgan fingerprint density at radius 3 is 2.61 bits per heavy atom. The maximum atomic E-state index is 4.40. The standard InChI is InChI=1S/C14H21N3.HI/c1-11-5-3-6-12(2)13(11)7-10-17-14-15-8-4-9-16-14;/h3,5-6H,4,7-10H2,1-2H3,(H2,15,16,17);1H. The maximum absolute atomic E-state index is 4.40. The molecule has 0 radical (unpaired) electrons. The van der Waals surface area contributed by atoms with Crippen molar-refractivity contribution in [1.29, 1.82) is 0 Å². The second kappa shape index (κ2) is 7.61. The molecule has 0 spiro atoms. The zero-order valence-electron chi connectivity index (χ0n) is 11.1. The quantitative estimate of drug-likeness (QED) is 0.814. The van der Waals surface area contributed by atoms with Crippen molar-refractivity contribution in [3.63, 3.8) is 0 Å². The number of aryl methyl sites for hydroxylation is 2. The minimum atomic E-state index is 0. The van der Waals surface area contributed by atoms with E-state index in [1.54, 1.807) is 0 Å². The molecule has 2 N–H and O–H groups in total. The monoisotopic (exact) mass is 359 g/mol. The predicted molar refractivity (Wildman–Crippen MR) is 88.0 cm³/mol. The Morgan fingerprint density at radius 1 is 1.28 bits per heavy atom. The number of hydrogen-bond acceptors (Lipinski definition) is 3. The Balaban J connectivity index is 0.00000162. The van der Waals surface area contributed by atoms with Crippen LogP contribution in [-0.4, -0.2) is 25.6 Å². The van der Waals surface area contributed by atoms with Crippen molar-refractivity contribution >= 4 is 29.9 Å². The van der Waals surface area contributed by atoms with E-state index in [0.29, 0.717) is 0 Å². The van der Waals surface area contributed by atoms with Crippen LogP contribution in [0.25, 0.3) is 0 Å². The first-order chi connectivity index (χ1) is 8.27. The largest absolute Gasteiger partial charge is 0.356 e. The van der Waals surface area contributed by atoms with E-state index in [1.165, 1.54) is 16.7 Å². The lowest BCUT2D eigenvalue weighted by Crippen LogP contribution is -2.41. The summed E-state index contributed by atoms with van der Waals surface area (Å²) in [4.78, 5) is 4.40. The van der Waals surface area contributed by atoms with Crippen LogP contribution in [0.3, 0.4) is 0 Å². The summed E-state index contributed by atoms with van der Waals surface area (Å²) in [6, 6.07) is 6.48. The summed E-state index contributed by atoms with van der Waals surface area (Å²) in [6.45, 7) is 7.28. The number of hydrogen-bond donors (Lipinski definition) is 2. The van der Waals surface area contributed by atoms with Crippen molar-refractivity contribution in [3.05, 3.63) is 34.9 Å². The van der Waals surface area contributed by atoms with Crippen LogP contribution in [0.2, 0.25) is 0 Å². The van der Waals surface area contributed by atoms with Crippen molar-refractivity contribution in [1.82, 2.24) is 10.6 Å². The summed E-state index contributed by atoms with van der Waals surface area (Å²) in [5, 5.41) is 6.64. The van der Waals surface area contributed by atoms with Crippen molar-refractivity contribution in [3.8, 4) is 0 Å². The van der Waals surface area contributed by atoms with E-state index >= 15 is 0 Å². The molecule has 1 aliphatic heterocycles. The third-order valence-electron chi connectivity index (χ3n) is 3.21. The van der Waals surface area contributed by atoms with E-state index in [4.69, 9.17) is 0 Å². The van der Waals surface area contributed by atoms with Crippen LogP contribution in [0.4, 0.5) is 0 Å². The molecule has 0 fully saturated rings. The SMILES string of the molecule is Cc1cccc(C)c1CCNC1=NCCCN1.I. The van der Waals surface area contributed by atoms with Crippen molar-refractivity contribution < 1.29 is 0 Å². The van der Waals surface area contributed by atoms with Gasteiger partial charge in [0.1, 0.15) is 0 Å². The van der Waals surface area contributed by atoms with Crippen molar-refractivity contribution in [2.24, 2.45) is 4.99 Å². The lowest BCUT2D eigenvalue weighted by Gasteiger charge is -2.16. The zero-order valence-corrected chi connectivity index (χ0v) is 13.5. The molecular formula is C14H22IN3. The van der Waals surface area contributed by atoms with Gasteiger partial charge in [-0.2, -0.15) is 0 Å². The normalized spacial score (nSPS) is 14.2. The van der Waals surface area contributed by atoms with Gasteiger partial charge in [-0.05, 0) is 43.4 Å². The number of aliphatic imine (C=N–C) groups is 1. The predicted octanol–water partition coefficient (Wildman–Crippen LogP) is 2.40. The molecule has 1 aliphatic rings. The molecule has 100 valence electrons. The molecule has 2 rings (SSSR count). The van der Waals surface area contributed by atoms with Crippen LogP contribution in [0, 0.1) is 13.8 Å². The Hall–Kier alpha value is -0.780. The molecule has 1 aromatic carbocycles. The van der Waals surface area contributed by atoms with Gasteiger partial charge in [-0.1, -0.05) is 18.2 Å². The van der Waals surface area contributed by atoms with E-state index in [0.717, 1.165) is 38.4 Å². The third kappa shape index (κ3) is 4.15. The molecule has 0 bridgehead atoms. The number of nitrogens with zero attached hydrogens (tertiary/aromatic N) is 1. The number of halogens is 1. The molecular weight excluding hydrogens is 337 g/mol. The van der Waals surface area contributed by atoms with Crippen LogP contribution < -0.4 is 10.6 Å². The summed E-state index contributed by atoms with van der Waals surface area (Å²) in [7, 11) is 0. The number of nitrogens with one attached hydrogen (secondary N) is 2. The van der Waals surface area contributed by atoms with Crippen LogP contribution in [0.15, 0.2) is 23.2 Å². The minimum absolute atomic E-state index is 0. The van der Waals surface area contributed by atoms with E-state index in [-0.39, 0.29) is 24.0 Å². The average molecular weight is 359 g/mol. The highest BCUT2D eigenvalue weighted by Gasteiger charge is 2.04. The van der Waals surface area contributed by atoms with Crippen LogP contribution in [0.5, 0.6) is 0 Å². The molecule has 0 unspecified atom stereocenters. The Morgan fingerprint density at radius 2 is 2.00 bits per heavy atom. The van der Waals surface area contributed by atoms with Gasteiger partial charge in [0.05, 0.1) is 0 Å². The summed E-state index contributed by atoms with van der Waals surface area (Å²) in [6.07, 6.45) is 2.20. The first kappa shape index (κ1) is 15.3. The van der Waals surface area contributed by atoms with Gasteiger partial charge in [0.25, 0.3) is 0 Å². The smallest absolute Gasteiger partial charge is 0.191 e. The van der Waals surface area contributed by atoms with Crippen molar-refractivity contribution in [2.75, 3.05) is 19.6 Å². The summed E-state index contributed by atoms with van der Waals surface area (Å²) in [5.74, 6) is 0.961. The fourth-order valence-electron chi connectivity index (χ4n) is 2.20. The van der Waals surface area contributed by atoms with Gasteiger partial charge < -0.3 is 10.6 Å². The van der Waals surface area contributed by atoms with E-state index in [2.05, 4.69) is 47.7 Å². The van der Waals surface area contributed by atoms with Crippen LogP contribution >= 0.6 is 24.0 Å². The van der Waals surface area contributed by atoms with E-state index in [9.17, 15) is 0 Å².